The molecule has 1 N–H and O–H groups in total. The van der Waals surface area contributed by atoms with Crippen molar-refractivity contribution in [1.82, 2.24) is 10.2 Å². The van der Waals surface area contributed by atoms with Crippen molar-refractivity contribution in [1.29, 1.82) is 0 Å². The first-order chi connectivity index (χ1) is 9.93. The van der Waals surface area contributed by atoms with Gasteiger partial charge in [0.2, 0.25) is 0 Å². The van der Waals surface area contributed by atoms with Gasteiger partial charge in [0.05, 0.1) is 5.56 Å². The summed E-state index contributed by atoms with van der Waals surface area (Å²) in [6, 6.07) is 2.19. The Hall–Kier alpha value is -1.11. The van der Waals surface area contributed by atoms with E-state index in [2.05, 4.69) is 11.9 Å². The third-order valence-corrected chi connectivity index (χ3v) is 3.66. The molecule has 1 aliphatic rings. The minimum absolute atomic E-state index is 0. The van der Waals surface area contributed by atoms with Gasteiger partial charge in [0.15, 0.2) is 0 Å². The minimum atomic E-state index is -4.47. The highest BCUT2D eigenvalue weighted by atomic mass is 35.5. The van der Waals surface area contributed by atoms with Crippen LogP contribution in [0.2, 0.25) is 0 Å². The van der Waals surface area contributed by atoms with E-state index in [1.165, 1.54) is 0 Å². The lowest BCUT2D eigenvalue weighted by molar-refractivity contribution is -0.137. The summed E-state index contributed by atoms with van der Waals surface area (Å²) < 4.78 is 52.5. The Morgan fingerprint density at radius 2 is 1.91 bits per heavy atom. The molecule has 7 heteroatoms. The predicted molar refractivity (Wildman–Crippen MR) is 80.6 cm³/mol. The van der Waals surface area contributed by atoms with Crippen molar-refractivity contribution in [3.63, 3.8) is 0 Å². The number of alkyl halides is 3. The molecule has 1 aromatic rings. The number of benzene rings is 1. The quantitative estimate of drug-likeness (QED) is 0.664. The molecule has 0 radical (unpaired) electrons. The average molecular weight is 339 g/mol. The molecule has 0 bridgehead atoms. The Labute approximate surface area is 133 Å². The number of hydrogen-bond donors (Lipinski definition) is 1. The second-order valence-corrected chi connectivity index (χ2v) is 5.06. The first kappa shape index (κ1) is 18.9. The molecule has 1 aromatic carbocycles. The highest BCUT2D eigenvalue weighted by Crippen LogP contribution is 2.34. The molecule has 0 aliphatic carbocycles. The smallest absolute Gasteiger partial charge is 0.314 e. The van der Waals surface area contributed by atoms with Crippen LogP contribution >= 0.6 is 12.4 Å². The zero-order chi connectivity index (χ0) is 15.5. The first-order valence-electron chi connectivity index (χ1n) is 6.86. The Bertz CT molecular complexity index is 499. The molecule has 0 spiro atoms. The van der Waals surface area contributed by atoms with Crippen molar-refractivity contribution >= 4 is 12.4 Å². The van der Waals surface area contributed by atoms with Gasteiger partial charge in [-0.1, -0.05) is 6.08 Å². The van der Waals surface area contributed by atoms with Crippen molar-refractivity contribution in [3.05, 3.63) is 47.8 Å². The molecular formula is C15H19ClF4N2. The molecule has 1 atom stereocenters. The summed E-state index contributed by atoms with van der Waals surface area (Å²) in [7, 11) is 0. The Balaban J connectivity index is 0.00000242. The molecule has 0 aromatic heterocycles. The number of halogens is 5. The lowest BCUT2D eigenvalue weighted by Gasteiger charge is -2.35. The molecule has 0 saturated carbocycles. The normalized spacial score (nSPS) is 17.6. The van der Waals surface area contributed by atoms with Crippen LogP contribution in [0.15, 0.2) is 30.9 Å². The molecule has 0 amide bonds. The molecule has 2 rings (SSSR count). The molecule has 1 heterocycles. The van der Waals surface area contributed by atoms with Crippen molar-refractivity contribution in [2.24, 2.45) is 0 Å². The van der Waals surface area contributed by atoms with Gasteiger partial charge in [0.1, 0.15) is 5.82 Å². The molecule has 124 valence electrons. The largest absolute Gasteiger partial charge is 0.416 e. The molecular weight excluding hydrogens is 320 g/mol. The second kappa shape index (κ2) is 7.94. The number of nitrogens with zero attached hydrogens (tertiary/aromatic N) is 1. The van der Waals surface area contributed by atoms with Gasteiger partial charge in [0, 0.05) is 37.8 Å². The summed E-state index contributed by atoms with van der Waals surface area (Å²) in [6.07, 6.45) is -2.44. The fourth-order valence-corrected chi connectivity index (χ4v) is 2.60. The Morgan fingerprint density at radius 3 is 2.45 bits per heavy atom. The van der Waals surface area contributed by atoms with Gasteiger partial charge in [-0.2, -0.15) is 13.2 Å². The number of hydrogen-bond acceptors (Lipinski definition) is 2. The second-order valence-electron chi connectivity index (χ2n) is 5.06. The maximum atomic E-state index is 14.0. The standard InChI is InChI=1S/C15H18F4N2.ClH/c1-2-3-14(21-8-6-20-7-9-21)12-10-11(15(17,18)19)4-5-13(12)16;/h2,4-5,10,14,20H,1,3,6-9H2;1H/t14-;/m1./s1. The number of nitrogens with one attached hydrogen (secondary N) is 1. The van der Waals surface area contributed by atoms with Crippen LogP contribution < -0.4 is 5.32 Å². The van der Waals surface area contributed by atoms with E-state index in [1.807, 2.05) is 4.90 Å². The lowest BCUT2D eigenvalue weighted by Crippen LogP contribution is -2.45. The van der Waals surface area contributed by atoms with E-state index in [9.17, 15) is 17.6 Å². The fraction of sp³-hybridized carbons (Fsp3) is 0.467. The van der Waals surface area contributed by atoms with Gasteiger partial charge in [-0.15, -0.1) is 19.0 Å². The van der Waals surface area contributed by atoms with Crippen LogP contribution in [-0.4, -0.2) is 31.1 Å². The van der Waals surface area contributed by atoms with Gasteiger partial charge in [-0.25, -0.2) is 4.39 Å². The molecule has 1 fully saturated rings. The highest BCUT2D eigenvalue weighted by molar-refractivity contribution is 5.85. The van der Waals surface area contributed by atoms with Gasteiger partial charge >= 0.3 is 6.18 Å². The van der Waals surface area contributed by atoms with Crippen molar-refractivity contribution < 1.29 is 17.6 Å². The van der Waals surface area contributed by atoms with E-state index in [0.29, 0.717) is 19.5 Å². The molecule has 0 unspecified atom stereocenters. The maximum absolute atomic E-state index is 14.0. The predicted octanol–water partition coefficient (Wildman–Crippen LogP) is 3.79. The number of piperazine rings is 1. The summed E-state index contributed by atoms with van der Waals surface area (Å²) in [5, 5.41) is 3.17. The van der Waals surface area contributed by atoms with Gasteiger partial charge < -0.3 is 5.32 Å². The first-order valence-corrected chi connectivity index (χ1v) is 6.86. The third-order valence-electron chi connectivity index (χ3n) is 3.66. The monoisotopic (exact) mass is 338 g/mol. The zero-order valence-corrected chi connectivity index (χ0v) is 12.8. The van der Waals surface area contributed by atoms with Crippen LogP contribution in [0.25, 0.3) is 0 Å². The molecule has 1 saturated heterocycles. The lowest BCUT2D eigenvalue weighted by atomic mass is 9.98. The van der Waals surface area contributed by atoms with Crippen molar-refractivity contribution in [2.45, 2.75) is 18.6 Å². The van der Waals surface area contributed by atoms with Crippen LogP contribution in [0, 0.1) is 5.82 Å². The summed E-state index contributed by atoms with van der Waals surface area (Å²) >= 11 is 0. The van der Waals surface area contributed by atoms with Crippen molar-refractivity contribution in [2.75, 3.05) is 26.2 Å². The molecule has 2 nitrogen and oxygen atoms in total. The van der Waals surface area contributed by atoms with E-state index in [1.54, 1.807) is 6.08 Å². The van der Waals surface area contributed by atoms with E-state index in [0.717, 1.165) is 31.3 Å². The summed E-state index contributed by atoms with van der Waals surface area (Å²) in [5.74, 6) is -0.603. The number of rotatable bonds is 4. The van der Waals surface area contributed by atoms with E-state index < -0.39 is 23.6 Å². The van der Waals surface area contributed by atoms with Gasteiger partial charge in [-0.05, 0) is 24.6 Å². The maximum Gasteiger partial charge on any atom is 0.416 e. The Morgan fingerprint density at radius 1 is 1.27 bits per heavy atom. The van der Waals surface area contributed by atoms with Crippen LogP contribution in [0.4, 0.5) is 17.6 Å². The van der Waals surface area contributed by atoms with Crippen LogP contribution in [0.1, 0.15) is 23.6 Å². The van der Waals surface area contributed by atoms with E-state index in [4.69, 9.17) is 0 Å². The van der Waals surface area contributed by atoms with Crippen LogP contribution in [0.3, 0.4) is 0 Å². The van der Waals surface area contributed by atoms with Gasteiger partial charge in [0.25, 0.3) is 0 Å². The van der Waals surface area contributed by atoms with Crippen molar-refractivity contribution in [3.8, 4) is 0 Å². The SMILES string of the molecule is C=CC[C@H](c1cc(C(F)(F)F)ccc1F)N1CCNCC1.Cl. The van der Waals surface area contributed by atoms with Crippen LogP contribution in [0.5, 0.6) is 0 Å². The highest BCUT2D eigenvalue weighted by Gasteiger charge is 2.33. The molecule has 1 aliphatic heterocycles. The average Bonchev–Trinajstić information content (AvgIpc) is 2.45. The topological polar surface area (TPSA) is 15.3 Å². The minimum Gasteiger partial charge on any atom is -0.314 e. The van der Waals surface area contributed by atoms with Crippen LogP contribution in [-0.2, 0) is 6.18 Å². The van der Waals surface area contributed by atoms with E-state index >= 15 is 0 Å². The fourth-order valence-electron chi connectivity index (χ4n) is 2.60. The Kier molecular flexibility index (Phi) is 6.84. The summed E-state index contributed by atoms with van der Waals surface area (Å²) in [6.45, 7) is 6.47. The molecule has 22 heavy (non-hydrogen) atoms. The van der Waals surface area contributed by atoms with Gasteiger partial charge in [-0.3, -0.25) is 4.90 Å². The summed E-state index contributed by atoms with van der Waals surface area (Å²) in [5.41, 5.74) is -0.727. The summed E-state index contributed by atoms with van der Waals surface area (Å²) in [4.78, 5) is 2.00. The van der Waals surface area contributed by atoms with E-state index in [-0.39, 0.29) is 18.0 Å². The zero-order valence-electron chi connectivity index (χ0n) is 12.0. The third kappa shape index (κ3) is 4.44.